The summed E-state index contributed by atoms with van der Waals surface area (Å²) in [5.74, 6) is 1.06. The van der Waals surface area contributed by atoms with Crippen LogP contribution in [0.15, 0.2) is 42.7 Å². The zero-order valence-corrected chi connectivity index (χ0v) is 16.5. The molecule has 0 saturated heterocycles. The Morgan fingerprint density at radius 3 is 2.50 bits per heavy atom. The van der Waals surface area contributed by atoms with Crippen molar-refractivity contribution in [2.75, 3.05) is 20.8 Å². The topological polar surface area (TPSA) is 67.8 Å². The highest BCUT2D eigenvalue weighted by Crippen LogP contribution is 2.28. The molecule has 0 bridgehead atoms. The van der Waals surface area contributed by atoms with Gasteiger partial charge in [0.2, 0.25) is 0 Å². The van der Waals surface area contributed by atoms with Gasteiger partial charge in [-0.1, -0.05) is 24.3 Å². The highest BCUT2D eigenvalue weighted by atomic mass is 16.5. The molecule has 0 spiro atoms. The number of carbonyl (C=O) groups is 1. The third-order valence-electron chi connectivity index (χ3n) is 5.18. The fraction of sp³-hybridized carbons (Fsp3) is 0.348. The monoisotopic (exact) mass is 381 g/mol. The van der Waals surface area contributed by atoms with E-state index in [1.165, 1.54) is 24.0 Å². The fourth-order valence-corrected chi connectivity index (χ4v) is 3.62. The Balaban J connectivity index is 1.62. The average molecular weight is 381 g/mol. The predicted molar refractivity (Wildman–Crippen MR) is 110 cm³/mol. The molecule has 0 saturated carbocycles. The summed E-state index contributed by atoms with van der Waals surface area (Å²) in [4.78, 5) is 12.6. The molecule has 1 aliphatic rings. The maximum absolute atomic E-state index is 12.6. The third kappa shape index (κ3) is 4.47. The molecule has 1 aliphatic carbocycles. The molecule has 0 radical (unpaired) electrons. The van der Waals surface area contributed by atoms with Crippen LogP contribution in [0.1, 0.15) is 35.1 Å². The van der Waals surface area contributed by atoms with E-state index in [-0.39, 0.29) is 5.91 Å². The number of ether oxygens (including phenoxy) is 2. The van der Waals surface area contributed by atoms with Crippen LogP contribution in [0.25, 0.3) is 5.57 Å². The van der Waals surface area contributed by atoms with E-state index in [1.807, 2.05) is 30.3 Å². The zero-order chi connectivity index (χ0) is 19.9. The van der Waals surface area contributed by atoms with Crippen LogP contribution in [-0.4, -0.2) is 31.8 Å². The molecular weight excluding hydrogens is 354 g/mol. The number of carbonyl (C=O) groups excluding carboxylic acids is 1. The van der Waals surface area contributed by atoms with E-state index in [9.17, 15) is 9.90 Å². The number of aliphatic hydroxyl groups excluding tert-OH is 1. The second-order valence-corrected chi connectivity index (χ2v) is 6.93. The first-order valence-electron chi connectivity index (χ1n) is 9.62. The predicted octanol–water partition coefficient (Wildman–Crippen LogP) is 3.84. The van der Waals surface area contributed by atoms with Crippen LogP contribution in [0.3, 0.4) is 0 Å². The molecule has 2 N–H and O–H groups in total. The normalized spacial score (nSPS) is 13.6. The molecule has 2 aromatic rings. The fourth-order valence-electron chi connectivity index (χ4n) is 3.62. The lowest BCUT2D eigenvalue weighted by atomic mass is 9.89. The Bertz CT molecular complexity index is 873. The summed E-state index contributed by atoms with van der Waals surface area (Å²) in [6.45, 7) is 0.455. The van der Waals surface area contributed by atoms with Gasteiger partial charge in [0.05, 0.1) is 26.1 Å². The second kappa shape index (κ2) is 9.31. The number of rotatable bonds is 7. The van der Waals surface area contributed by atoms with Gasteiger partial charge in [0.25, 0.3) is 5.91 Å². The molecule has 0 fully saturated rings. The van der Waals surface area contributed by atoms with Crippen molar-refractivity contribution in [1.29, 1.82) is 0 Å². The van der Waals surface area contributed by atoms with E-state index in [4.69, 9.17) is 9.47 Å². The smallest absolute Gasteiger partial charge is 0.255 e. The van der Waals surface area contributed by atoms with E-state index in [1.54, 1.807) is 14.2 Å². The number of benzene rings is 2. The highest BCUT2D eigenvalue weighted by molar-refractivity contribution is 6.19. The highest BCUT2D eigenvalue weighted by Gasteiger charge is 2.16. The molecule has 0 atom stereocenters. The van der Waals surface area contributed by atoms with Crippen LogP contribution in [0, 0.1) is 0 Å². The Kier molecular flexibility index (Phi) is 6.58. The molecule has 3 rings (SSSR count). The van der Waals surface area contributed by atoms with Gasteiger partial charge in [-0.25, -0.2) is 0 Å². The summed E-state index contributed by atoms with van der Waals surface area (Å²) < 4.78 is 10.5. The summed E-state index contributed by atoms with van der Waals surface area (Å²) in [5.41, 5.74) is 4.70. The SMILES string of the molecule is COc1ccc(CCNC(=O)/C(=C\O)c2ccc3c(c2)CCCC3)cc1OC. The summed E-state index contributed by atoms with van der Waals surface area (Å²) in [5, 5.41) is 12.5. The van der Waals surface area contributed by atoms with Gasteiger partial charge in [-0.15, -0.1) is 0 Å². The number of hydrogen-bond donors (Lipinski definition) is 2. The van der Waals surface area contributed by atoms with Crippen molar-refractivity contribution in [3.8, 4) is 11.5 Å². The Hall–Kier alpha value is -2.95. The van der Waals surface area contributed by atoms with E-state index < -0.39 is 0 Å². The van der Waals surface area contributed by atoms with E-state index in [0.717, 1.165) is 30.2 Å². The minimum Gasteiger partial charge on any atom is -0.515 e. The molecule has 5 nitrogen and oxygen atoms in total. The second-order valence-electron chi connectivity index (χ2n) is 6.93. The van der Waals surface area contributed by atoms with Gasteiger partial charge in [0.15, 0.2) is 11.5 Å². The Morgan fingerprint density at radius 1 is 1.04 bits per heavy atom. The number of fused-ring (bicyclic) bond motifs is 1. The average Bonchev–Trinajstić information content (AvgIpc) is 2.74. The molecule has 0 unspecified atom stereocenters. The van der Waals surface area contributed by atoms with Crippen LogP contribution < -0.4 is 14.8 Å². The van der Waals surface area contributed by atoms with Gasteiger partial charge in [-0.2, -0.15) is 0 Å². The first-order chi connectivity index (χ1) is 13.7. The van der Waals surface area contributed by atoms with Crippen molar-refractivity contribution < 1.29 is 19.4 Å². The molecule has 0 aliphatic heterocycles. The van der Waals surface area contributed by atoms with Crippen LogP contribution in [-0.2, 0) is 24.1 Å². The molecule has 0 heterocycles. The molecule has 2 aromatic carbocycles. The number of aliphatic hydroxyl groups is 1. The van der Waals surface area contributed by atoms with Crippen molar-refractivity contribution in [2.24, 2.45) is 0 Å². The van der Waals surface area contributed by atoms with Crippen LogP contribution in [0.2, 0.25) is 0 Å². The van der Waals surface area contributed by atoms with Gasteiger partial charge >= 0.3 is 0 Å². The Morgan fingerprint density at radius 2 is 1.79 bits per heavy atom. The molecule has 28 heavy (non-hydrogen) atoms. The number of nitrogens with one attached hydrogen (secondary N) is 1. The lowest BCUT2D eigenvalue weighted by molar-refractivity contribution is -0.115. The van der Waals surface area contributed by atoms with Crippen LogP contribution in [0.5, 0.6) is 11.5 Å². The Labute approximate surface area is 166 Å². The van der Waals surface area contributed by atoms with Crippen molar-refractivity contribution in [2.45, 2.75) is 32.1 Å². The lowest BCUT2D eigenvalue weighted by Gasteiger charge is -2.17. The third-order valence-corrected chi connectivity index (χ3v) is 5.18. The maximum Gasteiger partial charge on any atom is 0.255 e. The number of methoxy groups -OCH3 is 2. The number of amides is 1. The van der Waals surface area contributed by atoms with Crippen molar-refractivity contribution >= 4 is 11.5 Å². The summed E-state index contributed by atoms with van der Waals surface area (Å²) in [7, 11) is 3.20. The van der Waals surface area contributed by atoms with Gasteiger partial charge < -0.3 is 19.9 Å². The van der Waals surface area contributed by atoms with Crippen LogP contribution >= 0.6 is 0 Å². The molecule has 5 heteroatoms. The van der Waals surface area contributed by atoms with Crippen molar-refractivity contribution in [3.05, 3.63) is 64.9 Å². The maximum atomic E-state index is 12.6. The van der Waals surface area contributed by atoms with Gasteiger partial charge in [0, 0.05) is 6.54 Å². The van der Waals surface area contributed by atoms with Crippen molar-refractivity contribution in [3.63, 3.8) is 0 Å². The minimum atomic E-state index is -0.279. The zero-order valence-electron chi connectivity index (χ0n) is 16.5. The molecule has 148 valence electrons. The number of hydrogen-bond acceptors (Lipinski definition) is 4. The molecule has 0 aromatic heterocycles. The first kappa shape index (κ1) is 19.8. The van der Waals surface area contributed by atoms with Crippen molar-refractivity contribution in [1.82, 2.24) is 5.32 Å². The van der Waals surface area contributed by atoms with Gasteiger partial charge in [0.1, 0.15) is 0 Å². The van der Waals surface area contributed by atoms with Crippen LogP contribution in [0.4, 0.5) is 0 Å². The number of aryl methyl sites for hydroxylation is 2. The standard InChI is InChI=1S/C23H27NO4/c1-27-21-10-7-16(13-22(21)28-2)11-12-24-23(26)20(15-25)19-9-8-17-5-3-4-6-18(17)14-19/h7-10,13-15,25H,3-6,11-12H2,1-2H3,(H,24,26)/b20-15-. The molecular formula is C23H27NO4. The quantitative estimate of drug-likeness (QED) is 0.565. The lowest BCUT2D eigenvalue weighted by Crippen LogP contribution is -2.26. The van der Waals surface area contributed by atoms with Gasteiger partial charge in [-0.05, 0) is 66.5 Å². The first-order valence-corrected chi connectivity index (χ1v) is 9.62. The summed E-state index contributed by atoms with van der Waals surface area (Å²) in [6.07, 6.45) is 6.05. The molecule has 1 amide bonds. The summed E-state index contributed by atoms with van der Waals surface area (Å²) >= 11 is 0. The summed E-state index contributed by atoms with van der Waals surface area (Å²) in [6, 6.07) is 11.7. The largest absolute Gasteiger partial charge is 0.515 e. The van der Waals surface area contributed by atoms with E-state index >= 15 is 0 Å². The van der Waals surface area contributed by atoms with Gasteiger partial charge in [-0.3, -0.25) is 4.79 Å². The van der Waals surface area contributed by atoms with E-state index in [2.05, 4.69) is 11.4 Å². The van der Waals surface area contributed by atoms with E-state index in [0.29, 0.717) is 30.0 Å². The minimum absolute atomic E-state index is 0.279.